The lowest BCUT2D eigenvalue weighted by Crippen LogP contribution is -2.45. The first-order valence-electron chi connectivity index (χ1n) is 11.2. The van der Waals surface area contributed by atoms with E-state index >= 15 is 0 Å². The summed E-state index contributed by atoms with van der Waals surface area (Å²) in [7, 11) is 1.82. The number of fused-ring (bicyclic) bond motifs is 1. The largest absolute Gasteiger partial charge is 0.487 e. The fourth-order valence-electron chi connectivity index (χ4n) is 4.35. The quantitative estimate of drug-likeness (QED) is 0.334. The van der Waals surface area contributed by atoms with E-state index in [0.29, 0.717) is 0 Å². The molecule has 2 aliphatic rings. The van der Waals surface area contributed by atoms with E-state index < -0.39 is 0 Å². The third-order valence-corrected chi connectivity index (χ3v) is 5.97. The Hall–Kier alpha value is -1.84. The highest BCUT2D eigenvalue weighted by molar-refractivity contribution is 14.0. The maximum atomic E-state index is 6.17. The summed E-state index contributed by atoms with van der Waals surface area (Å²) in [6.45, 7) is 9.57. The first kappa shape index (κ1) is 24.8. The lowest BCUT2D eigenvalue weighted by Gasteiger charge is -2.38. The van der Waals surface area contributed by atoms with Crippen molar-refractivity contribution >= 4 is 29.9 Å². The molecule has 7 heteroatoms. The standard InChI is InChI=1S/C25H34N4O2.HI/c1-25(2)16-22(21-10-6-7-11-23(21)31-25)28-24(26-3)27-17-19-8-4-5-9-20(19)18-29-12-14-30-15-13-29;/h4-11,22H,12-18H2,1-3H3,(H2,26,27,28);1H. The third kappa shape index (κ3) is 6.36. The summed E-state index contributed by atoms with van der Waals surface area (Å²) in [5.41, 5.74) is 3.60. The number of rotatable bonds is 5. The molecule has 1 atom stereocenters. The number of ether oxygens (including phenoxy) is 2. The van der Waals surface area contributed by atoms with Crippen molar-refractivity contribution in [2.75, 3.05) is 33.4 Å². The van der Waals surface area contributed by atoms with Gasteiger partial charge in [0, 0.05) is 45.2 Å². The Labute approximate surface area is 208 Å². The highest BCUT2D eigenvalue weighted by atomic mass is 127. The normalized spacial score (nSPS) is 20.5. The zero-order valence-electron chi connectivity index (χ0n) is 19.3. The van der Waals surface area contributed by atoms with E-state index in [1.807, 2.05) is 19.2 Å². The van der Waals surface area contributed by atoms with Crippen LogP contribution in [0.25, 0.3) is 0 Å². The molecule has 0 bridgehead atoms. The van der Waals surface area contributed by atoms with Gasteiger partial charge >= 0.3 is 0 Å². The van der Waals surface area contributed by atoms with Crippen molar-refractivity contribution in [1.29, 1.82) is 0 Å². The summed E-state index contributed by atoms with van der Waals surface area (Å²) in [6, 6.07) is 17.1. The monoisotopic (exact) mass is 550 g/mol. The maximum absolute atomic E-state index is 6.17. The number of hydrogen-bond donors (Lipinski definition) is 2. The lowest BCUT2D eigenvalue weighted by atomic mass is 9.90. The number of para-hydroxylation sites is 1. The average molecular weight is 550 g/mol. The summed E-state index contributed by atoms with van der Waals surface area (Å²) < 4.78 is 11.7. The van der Waals surface area contributed by atoms with E-state index in [1.165, 1.54) is 16.7 Å². The first-order chi connectivity index (χ1) is 15.0. The Bertz CT molecular complexity index is 912. The SMILES string of the molecule is CN=C(NCc1ccccc1CN1CCOCC1)NC1CC(C)(C)Oc2ccccc21.I. The van der Waals surface area contributed by atoms with Crippen molar-refractivity contribution in [3.05, 3.63) is 65.2 Å². The Morgan fingerprint density at radius 3 is 2.50 bits per heavy atom. The predicted octanol–water partition coefficient (Wildman–Crippen LogP) is 4.10. The highest BCUT2D eigenvalue weighted by Gasteiger charge is 2.34. The van der Waals surface area contributed by atoms with Gasteiger partial charge in [0.1, 0.15) is 11.4 Å². The number of morpholine rings is 1. The molecule has 6 nitrogen and oxygen atoms in total. The number of guanidine groups is 1. The Kier molecular flexibility index (Phi) is 8.79. The van der Waals surface area contributed by atoms with Crippen molar-refractivity contribution in [3.63, 3.8) is 0 Å². The molecule has 0 amide bonds. The van der Waals surface area contributed by atoms with Gasteiger partial charge in [0.15, 0.2) is 5.96 Å². The molecule has 32 heavy (non-hydrogen) atoms. The van der Waals surface area contributed by atoms with Crippen LogP contribution < -0.4 is 15.4 Å². The second-order valence-electron chi connectivity index (χ2n) is 8.88. The molecule has 0 spiro atoms. The topological polar surface area (TPSA) is 58.1 Å². The van der Waals surface area contributed by atoms with Crippen LogP contribution in [0, 0.1) is 0 Å². The van der Waals surface area contributed by atoms with Crippen LogP contribution in [-0.2, 0) is 17.8 Å². The zero-order chi connectivity index (χ0) is 21.7. The molecule has 2 aromatic rings. The Morgan fingerprint density at radius 2 is 1.75 bits per heavy atom. The zero-order valence-corrected chi connectivity index (χ0v) is 21.6. The van der Waals surface area contributed by atoms with Gasteiger partial charge in [-0.3, -0.25) is 9.89 Å². The first-order valence-corrected chi connectivity index (χ1v) is 11.2. The van der Waals surface area contributed by atoms with Crippen LogP contribution in [0.3, 0.4) is 0 Å². The van der Waals surface area contributed by atoms with E-state index in [1.54, 1.807) is 0 Å². The molecule has 2 N–H and O–H groups in total. The van der Waals surface area contributed by atoms with E-state index in [-0.39, 0.29) is 35.6 Å². The lowest BCUT2D eigenvalue weighted by molar-refractivity contribution is 0.0341. The van der Waals surface area contributed by atoms with Crippen LogP contribution >= 0.6 is 24.0 Å². The number of hydrogen-bond acceptors (Lipinski definition) is 4. The molecular weight excluding hydrogens is 515 g/mol. The highest BCUT2D eigenvalue weighted by Crippen LogP contribution is 2.39. The second kappa shape index (κ2) is 11.3. The van der Waals surface area contributed by atoms with Gasteiger partial charge in [0.05, 0.1) is 19.3 Å². The summed E-state index contributed by atoms with van der Waals surface area (Å²) in [5, 5.41) is 7.14. The van der Waals surface area contributed by atoms with E-state index in [9.17, 15) is 0 Å². The fraction of sp³-hybridized carbons (Fsp3) is 0.480. The van der Waals surface area contributed by atoms with Gasteiger partial charge in [-0.1, -0.05) is 42.5 Å². The summed E-state index contributed by atoms with van der Waals surface area (Å²) in [4.78, 5) is 6.94. The summed E-state index contributed by atoms with van der Waals surface area (Å²) in [6.07, 6.45) is 0.873. The van der Waals surface area contributed by atoms with Crippen LogP contribution in [0.1, 0.15) is 43.0 Å². The van der Waals surface area contributed by atoms with Crippen molar-refractivity contribution in [2.45, 2.75) is 45.0 Å². The van der Waals surface area contributed by atoms with Crippen LogP contribution in [-0.4, -0.2) is 49.8 Å². The van der Waals surface area contributed by atoms with Crippen LogP contribution in [0.4, 0.5) is 0 Å². The Balaban J connectivity index is 0.00000289. The number of nitrogens with zero attached hydrogens (tertiary/aromatic N) is 2. The van der Waals surface area contributed by atoms with Gasteiger partial charge in [-0.2, -0.15) is 0 Å². The van der Waals surface area contributed by atoms with Gasteiger partial charge in [0.2, 0.25) is 0 Å². The van der Waals surface area contributed by atoms with Gasteiger partial charge in [0.25, 0.3) is 0 Å². The van der Waals surface area contributed by atoms with E-state index in [0.717, 1.165) is 57.5 Å². The molecule has 4 rings (SSSR count). The molecule has 1 fully saturated rings. The number of benzene rings is 2. The summed E-state index contributed by atoms with van der Waals surface area (Å²) >= 11 is 0. The Morgan fingerprint density at radius 1 is 1.06 bits per heavy atom. The molecule has 0 aromatic heterocycles. The van der Waals surface area contributed by atoms with Crippen molar-refractivity contribution in [1.82, 2.24) is 15.5 Å². The molecule has 2 aliphatic heterocycles. The molecular formula is C25H35IN4O2. The van der Waals surface area contributed by atoms with E-state index in [4.69, 9.17) is 9.47 Å². The minimum atomic E-state index is -0.227. The average Bonchev–Trinajstić information content (AvgIpc) is 2.77. The van der Waals surface area contributed by atoms with Crippen molar-refractivity contribution in [3.8, 4) is 5.75 Å². The van der Waals surface area contributed by atoms with Crippen LogP contribution in [0.15, 0.2) is 53.5 Å². The number of nitrogens with one attached hydrogen (secondary N) is 2. The minimum Gasteiger partial charge on any atom is -0.487 e. The molecule has 1 saturated heterocycles. The minimum absolute atomic E-state index is 0. The van der Waals surface area contributed by atoms with E-state index in [2.05, 4.69) is 70.8 Å². The third-order valence-electron chi connectivity index (χ3n) is 5.97. The molecule has 0 radical (unpaired) electrons. The van der Waals surface area contributed by atoms with Crippen molar-refractivity contribution < 1.29 is 9.47 Å². The van der Waals surface area contributed by atoms with Crippen LogP contribution in [0.5, 0.6) is 5.75 Å². The molecule has 1 unspecified atom stereocenters. The summed E-state index contributed by atoms with van der Waals surface area (Å²) in [5.74, 6) is 1.75. The molecule has 2 heterocycles. The molecule has 174 valence electrons. The smallest absolute Gasteiger partial charge is 0.191 e. The second-order valence-corrected chi connectivity index (χ2v) is 8.88. The fourth-order valence-corrected chi connectivity index (χ4v) is 4.35. The number of halogens is 1. The number of aliphatic imine (C=N–C) groups is 1. The molecule has 2 aromatic carbocycles. The molecule has 0 aliphatic carbocycles. The predicted molar refractivity (Wildman–Crippen MR) is 140 cm³/mol. The van der Waals surface area contributed by atoms with Crippen molar-refractivity contribution in [2.24, 2.45) is 4.99 Å². The van der Waals surface area contributed by atoms with Gasteiger partial charge in [-0.05, 0) is 31.0 Å². The molecule has 0 saturated carbocycles. The van der Waals surface area contributed by atoms with Crippen LogP contribution in [0.2, 0.25) is 0 Å². The maximum Gasteiger partial charge on any atom is 0.191 e. The van der Waals surface area contributed by atoms with Gasteiger partial charge in [-0.15, -0.1) is 24.0 Å². The van der Waals surface area contributed by atoms with Gasteiger partial charge < -0.3 is 20.1 Å². The van der Waals surface area contributed by atoms with Gasteiger partial charge in [-0.25, -0.2) is 0 Å².